The fraction of sp³-hybridized carbons (Fsp3) is 0.357. The first-order valence-corrected chi connectivity index (χ1v) is 8.98. The van der Waals surface area contributed by atoms with Crippen molar-refractivity contribution in [3.05, 3.63) is 33.3 Å². The minimum Gasteiger partial charge on any atom is -0.343 e. The lowest BCUT2D eigenvalue weighted by Gasteiger charge is -2.34. The Balaban J connectivity index is 1.59. The van der Waals surface area contributed by atoms with Crippen molar-refractivity contribution < 1.29 is 18.0 Å². The Bertz CT molecular complexity index is 808. The molecule has 1 aliphatic rings. The third-order valence-electron chi connectivity index (χ3n) is 3.66. The van der Waals surface area contributed by atoms with Crippen LogP contribution in [0.2, 0.25) is 10.0 Å². The van der Waals surface area contributed by atoms with Gasteiger partial charge in [-0.3, -0.25) is 0 Å². The molecule has 1 aliphatic heterocycles. The van der Waals surface area contributed by atoms with Crippen LogP contribution < -0.4 is 10.2 Å². The Hall–Kier alpha value is -1.78. The molecule has 0 spiro atoms. The zero-order valence-electron chi connectivity index (χ0n) is 13.1. The van der Waals surface area contributed by atoms with Gasteiger partial charge in [0.15, 0.2) is 0 Å². The Kier molecular flexibility index (Phi) is 5.44. The van der Waals surface area contributed by atoms with Crippen molar-refractivity contribution in [2.24, 2.45) is 0 Å². The molecule has 12 heteroatoms. The van der Waals surface area contributed by atoms with Gasteiger partial charge in [-0.1, -0.05) is 34.5 Å². The second-order valence-corrected chi connectivity index (χ2v) is 7.22. The number of carbonyl (C=O) groups is 1. The van der Waals surface area contributed by atoms with E-state index >= 15 is 0 Å². The zero-order valence-corrected chi connectivity index (χ0v) is 15.4. The lowest BCUT2D eigenvalue weighted by atomic mass is 10.3. The molecule has 0 aliphatic carbocycles. The van der Waals surface area contributed by atoms with E-state index in [1.165, 1.54) is 6.07 Å². The van der Waals surface area contributed by atoms with Gasteiger partial charge in [0, 0.05) is 31.2 Å². The van der Waals surface area contributed by atoms with Gasteiger partial charge in [-0.15, -0.1) is 10.2 Å². The summed E-state index contributed by atoms with van der Waals surface area (Å²) in [5, 5.41) is 9.44. The molecule has 140 valence electrons. The second-order valence-electron chi connectivity index (χ2n) is 5.42. The van der Waals surface area contributed by atoms with Crippen LogP contribution in [0.25, 0.3) is 0 Å². The maximum Gasteiger partial charge on any atom is 0.445 e. The lowest BCUT2D eigenvalue weighted by molar-refractivity contribution is -0.138. The second kappa shape index (κ2) is 7.45. The van der Waals surface area contributed by atoms with E-state index in [0.717, 1.165) is 0 Å². The highest BCUT2D eigenvalue weighted by atomic mass is 35.5. The smallest absolute Gasteiger partial charge is 0.343 e. The summed E-state index contributed by atoms with van der Waals surface area (Å²) in [7, 11) is 0. The van der Waals surface area contributed by atoms with Gasteiger partial charge in [0.25, 0.3) is 0 Å². The molecule has 0 unspecified atom stereocenters. The predicted octanol–water partition coefficient (Wildman–Crippen LogP) is 4.22. The number of aromatic nitrogens is 2. The molecule has 0 radical (unpaired) electrons. The number of nitrogens with zero attached hydrogens (tertiary/aromatic N) is 4. The fourth-order valence-corrected chi connectivity index (χ4v) is 3.45. The third kappa shape index (κ3) is 4.30. The van der Waals surface area contributed by atoms with Crippen LogP contribution in [-0.2, 0) is 6.18 Å². The van der Waals surface area contributed by atoms with Crippen molar-refractivity contribution in [1.82, 2.24) is 15.1 Å². The Morgan fingerprint density at radius 2 is 1.85 bits per heavy atom. The number of carbonyl (C=O) groups excluding carboxylic acids is 1. The average molecular weight is 426 g/mol. The standard InChI is InChI=1S/C14H12Cl2F3N5OS/c15-8-1-2-9(16)10(7-8)20-12(25)23-3-5-24(6-4-23)13-22-21-11(26-13)14(17,18)19/h1-2,7H,3-6H2,(H,20,25). The largest absolute Gasteiger partial charge is 0.445 e. The summed E-state index contributed by atoms with van der Waals surface area (Å²) in [5.41, 5.74) is 0.394. The normalized spacial score (nSPS) is 15.3. The molecule has 1 aromatic carbocycles. The molecule has 2 amide bonds. The summed E-state index contributed by atoms with van der Waals surface area (Å²) >= 11 is 12.4. The molecule has 2 aromatic rings. The molecule has 1 N–H and O–H groups in total. The van der Waals surface area contributed by atoms with Crippen LogP contribution in [0.15, 0.2) is 18.2 Å². The maximum atomic E-state index is 12.6. The van der Waals surface area contributed by atoms with Crippen LogP contribution in [0.5, 0.6) is 0 Å². The van der Waals surface area contributed by atoms with E-state index in [9.17, 15) is 18.0 Å². The zero-order chi connectivity index (χ0) is 18.9. The van der Waals surface area contributed by atoms with Gasteiger partial charge < -0.3 is 15.1 Å². The summed E-state index contributed by atoms with van der Waals surface area (Å²) in [4.78, 5) is 15.5. The van der Waals surface area contributed by atoms with Gasteiger partial charge in [0.05, 0.1) is 10.7 Å². The Morgan fingerprint density at radius 3 is 2.46 bits per heavy atom. The van der Waals surface area contributed by atoms with E-state index in [4.69, 9.17) is 23.2 Å². The van der Waals surface area contributed by atoms with Crippen LogP contribution in [0.1, 0.15) is 5.01 Å². The van der Waals surface area contributed by atoms with Gasteiger partial charge in [-0.25, -0.2) is 4.79 Å². The van der Waals surface area contributed by atoms with Gasteiger partial charge in [-0.05, 0) is 18.2 Å². The van der Waals surface area contributed by atoms with Crippen molar-refractivity contribution in [2.75, 3.05) is 36.4 Å². The highest BCUT2D eigenvalue weighted by Gasteiger charge is 2.36. The van der Waals surface area contributed by atoms with Crippen molar-refractivity contribution in [1.29, 1.82) is 0 Å². The number of anilines is 2. The highest BCUT2D eigenvalue weighted by Crippen LogP contribution is 2.34. The molecule has 0 bridgehead atoms. The molecule has 1 aromatic heterocycles. The van der Waals surface area contributed by atoms with Crippen LogP contribution in [0.3, 0.4) is 0 Å². The van der Waals surface area contributed by atoms with Crippen molar-refractivity contribution in [3.8, 4) is 0 Å². The molecule has 0 saturated carbocycles. The maximum absolute atomic E-state index is 12.6. The first kappa shape index (κ1) is 19.0. The van der Waals surface area contributed by atoms with Crippen LogP contribution in [-0.4, -0.2) is 47.3 Å². The quantitative estimate of drug-likeness (QED) is 0.782. The molecular weight excluding hydrogens is 414 g/mol. The third-order valence-corrected chi connectivity index (χ3v) is 5.26. The number of piperazine rings is 1. The van der Waals surface area contributed by atoms with E-state index < -0.39 is 11.2 Å². The molecule has 26 heavy (non-hydrogen) atoms. The summed E-state index contributed by atoms with van der Waals surface area (Å²) in [6, 6.07) is 4.36. The van der Waals surface area contributed by atoms with E-state index in [-0.39, 0.29) is 11.2 Å². The van der Waals surface area contributed by atoms with Crippen LogP contribution in [0.4, 0.5) is 28.8 Å². The molecular formula is C14H12Cl2F3N5OS. The first-order chi connectivity index (χ1) is 12.2. The molecule has 3 rings (SSSR count). The van der Waals surface area contributed by atoms with Crippen molar-refractivity contribution >= 4 is 51.4 Å². The summed E-state index contributed by atoms with van der Waals surface area (Å²) < 4.78 is 37.8. The van der Waals surface area contributed by atoms with Crippen molar-refractivity contribution in [2.45, 2.75) is 6.18 Å². The number of benzene rings is 1. The molecule has 0 atom stereocenters. The minimum atomic E-state index is -4.51. The summed E-state index contributed by atoms with van der Waals surface area (Å²) in [5.74, 6) is 0. The molecule has 2 heterocycles. The van der Waals surface area contributed by atoms with E-state index in [0.29, 0.717) is 53.2 Å². The number of halogens is 5. The number of hydrogen-bond donors (Lipinski definition) is 1. The van der Waals surface area contributed by atoms with E-state index in [2.05, 4.69) is 15.5 Å². The van der Waals surface area contributed by atoms with Crippen molar-refractivity contribution in [3.63, 3.8) is 0 Å². The molecule has 1 fully saturated rings. The Labute approximate surface area is 160 Å². The van der Waals surface area contributed by atoms with Crippen LogP contribution in [0, 0.1) is 0 Å². The van der Waals surface area contributed by atoms with Gasteiger partial charge >= 0.3 is 12.2 Å². The van der Waals surface area contributed by atoms with E-state index in [1.54, 1.807) is 21.9 Å². The summed E-state index contributed by atoms with van der Waals surface area (Å²) in [6.45, 7) is 1.35. The van der Waals surface area contributed by atoms with Crippen LogP contribution >= 0.6 is 34.5 Å². The molecule has 6 nitrogen and oxygen atoms in total. The summed E-state index contributed by atoms with van der Waals surface area (Å²) in [6.07, 6.45) is -4.51. The van der Waals surface area contributed by atoms with E-state index in [1.807, 2.05) is 0 Å². The topological polar surface area (TPSA) is 61.4 Å². The fourth-order valence-electron chi connectivity index (χ4n) is 2.35. The Morgan fingerprint density at radius 1 is 1.15 bits per heavy atom. The molecule has 1 saturated heterocycles. The highest BCUT2D eigenvalue weighted by molar-refractivity contribution is 7.15. The average Bonchev–Trinajstić information content (AvgIpc) is 3.09. The SMILES string of the molecule is O=C(Nc1cc(Cl)ccc1Cl)N1CCN(c2nnc(C(F)(F)F)s2)CC1. The van der Waals surface area contributed by atoms with Gasteiger partial charge in [0.2, 0.25) is 10.1 Å². The minimum absolute atomic E-state index is 0.190. The number of urea groups is 1. The lowest BCUT2D eigenvalue weighted by Crippen LogP contribution is -2.50. The number of amides is 2. The monoisotopic (exact) mass is 425 g/mol. The number of nitrogens with one attached hydrogen (secondary N) is 1. The predicted molar refractivity (Wildman–Crippen MR) is 94.2 cm³/mol. The number of alkyl halides is 3. The number of hydrogen-bond acceptors (Lipinski definition) is 5. The van der Waals surface area contributed by atoms with Gasteiger partial charge in [-0.2, -0.15) is 13.2 Å². The first-order valence-electron chi connectivity index (χ1n) is 7.40. The number of rotatable bonds is 2. The van der Waals surface area contributed by atoms with Gasteiger partial charge in [0.1, 0.15) is 0 Å².